The van der Waals surface area contributed by atoms with Crippen LogP contribution in [0.2, 0.25) is 5.02 Å². The highest BCUT2D eigenvalue weighted by Crippen LogP contribution is 2.66. The van der Waals surface area contributed by atoms with Gasteiger partial charge in [0, 0.05) is 22.5 Å². The zero-order valence-corrected chi connectivity index (χ0v) is 24.0. The molecule has 0 aromatic heterocycles. The van der Waals surface area contributed by atoms with Gasteiger partial charge < -0.3 is 20.6 Å². The highest BCUT2D eigenvalue weighted by atomic mass is 35.5. The zero-order chi connectivity index (χ0) is 28.6. The van der Waals surface area contributed by atoms with E-state index in [-0.39, 0.29) is 29.6 Å². The second-order valence-corrected chi connectivity index (χ2v) is 13.1. The average molecular weight is 590 g/mol. The molecule has 7 nitrogen and oxygen atoms in total. The standard InChI is InChI=1S/C32H32ClN3O4S/c33-22-11-13-23(14-12-22)35-30(39)28-32-16-15-25(41-32)26(29(38)34-18-21-9-5-2-6-10-21)27(32)31(40)36(28)24(19-37)17-20-7-3-1-4-8-20/h1-14,24-28,37H,15-19H2,(H,34,38)(H,35,39)/t24-,25+,26-,27+,28?,32?/m1/s1. The Morgan fingerprint density at radius 2 is 1.63 bits per heavy atom. The van der Waals surface area contributed by atoms with Crippen LogP contribution >= 0.6 is 23.4 Å². The number of amides is 3. The summed E-state index contributed by atoms with van der Waals surface area (Å²) in [4.78, 5) is 43.8. The number of likely N-dealkylation sites (tertiary alicyclic amines) is 1. The number of nitrogens with zero attached hydrogens (tertiary/aromatic N) is 1. The number of halogens is 1. The molecule has 3 N–H and O–H groups in total. The van der Waals surface area contributed by atoms with Gasteiger partial charge in [-0.25, -0.2) is 0 Å². The van der Waals surface area contributed by atoms with Gasteiger partial charge in [0.05, 0.1) is 29.2 Å². The van der Waals surface area contributed by atoms with Gasteiger partial charge in [-0.3, -0.25) is 14.4 Å². The van der Waals surface area contributed by atoms with Crippen molar-refractivity contribution in [2.75, 3.05) is 11.9 Å². The van der Waals surface area contributed by atoms with Gasteiger partial charge in [0.2, 0.25) is 17.7 Å². The number of benzene rings is 3. The van der Waals surface area contributed by atoms with E-state index in [4.69, 9.17) is 11.6 Å². The fraction of sp³-hybridized carbons (Fsp3) is 0.344. The Bertz CT molecular complexity index is 1420. The average Bonchev–Trinajstić information content (AvgIpc) is 3.64. The van der Waals surface area contributed by atoms with Crippen molar-refractivity contribution in [3.05, 3.63) is 101 Å². The molecule has 3 aromatic carbocycles. The number of hydrogen-bond acceptors (Lipinski definition) is 5. The normalized spacial score (nSPS) is 27.0. The number of hydrogen-bond donors (Lipinski definition) is 3. The molecule has 2 bridgehead atoms. The third kappa shape index (κ3) is 5.13. The molecular formula is C32H32ClN3O4S. The number of carbonyl (C=O) groups is 3. The summed E-state index contributed by atoms with van der Waals surface area (Å²) in [5.74, 6) is -1.89. The molecule has 3 aliphatic heterocycles. The van der Waals surface area contributed by atoms with Gasteiger partial charge in [0.15, 0.2) is 0 Å². The minimum absolute atomic E-state index is 0.0468. The van der Waals surface area contributed by atoms with Gasteiger partial charge in [0.25, 0.3) is 0 Å². The van der Waals surface area contributed by atoms with E-state index in [9.17, 15) is 19.5 Å². The van der Waals surface area contributed by atoms with Crippen molar-refractivity contribution in [3.8, 4) is 0 Å². The van der Waals surface area contributed by atoms with Crippen LogP contribution in [-0.4, -0.2) is 56.4 Å². The minimum atomic E-state index is -0.835. The van der Waals surface area contributed by atoms with Gasteiger partial charge in [-0.2, -0.15) is 0 Å². The quantitative estimate of drug-likeness (QED) is 0.346. The number of anilines is 1. The number of carbonyl (C=O) groups excluding carboxylic acids is 3. The molecule has 0 radical (unpaired) electrons. The molecule has 2 unspecified atom stereocenters. The molecule has 3 fully saturated rings. The molecule has 3 amide bonds. The lowest BCUT2D eigenvalue weighted by Gasteiger charge is -2.37. The fourth-order valence-electron chi connectivity index (χ4n) is 6.87. The molecule has 0 saturated carbocycles. The summed E-state index contributed by atoms with van der Waals surface area (Å²) >= 11 is 7.67. The molecule has 9 heteroatoms. The molecule has 0 aliphatic carbocycles. The molecule has 3 aliphatic rings. The van der Waals surface area contributed by atoms with E-state index in [1.54, 1.807) is 40.9 Å². The predicted octanol–water partition coefficient (Wildman–Crippen LogP) is 4.29. The SMILES string of the molecule is O=C(Nc1ccc(Cl)cc1)C1N([C@@H](CO)Cc2ccccc2)C(=O)[C@@H]2[C@H](C(=O)NCc3ccccc3)[C@@H]3CCC12S3. The third-order valence-electron chi connectivity index (χ3n) is 8.63. The Morgan fingerprint density at radius 3 is 2.29 bits per heavy atom. The molecule has 212 valence electrons. The number of nitrogens with one attached hydrogen (secondary N) is 2. The van der Waals surface area contributed by atoms with E-state index in [2.05, 4.69) is 10.6 Å². The maximum Gasteiger partial charge on any atom is 0.248 e. The fourth-order valence-corrected chi connectivity index (χ4v) is 9.20. The minimum Gasteiger partial charge on any atom is -0.394 e. The summed E-state index contributed by atoms with van der Waals surface area (Å²) in [6.07, 6.45) is 1.80. The number of rotatable bonds is 9. The lowest BCUT2D eigenvalue weighted by molar-refractivity contribution is -0.142. The van der Waals surface area contributed by atoms with Crippen LogP contribution in [0.25, 0.3) is 0 Å². The first kappa shape index (κ1) is 27.8. The van der Waals surface area contributed by atoms with Gasteiger partial charge in [-0.1, -0.05) is 72.3 Å². The molecule has 3 heterocycles. The first-order chi connectivity index (χ1) is 19.9. The lowest BCUT2D eigenvalue weighted by atomic mass is 9.70. The Kier molecular flexibility index (Phi) is 7.81. The Hall–Kier alpha value is -3.33. The van der Waals surface area contributed by atoms with E-state index in [0.717, 1.165) is 17.5 Å². The molecule has 3 aromatic rings. The summed E-state index contributed by atoms with van der Waals surface area (Å²) in [6.45, 7) is 0.0755. The topological polar surface area (TPSA) is 98.7 Å². The number of thioether (sulfide) groups is 1. The maximum atomic E-state index is 14.4. The molecule has 1 spiro atoms. The Balaban J connectivity index is 1.33. The third-order valence-corrected chi connectivity index (χ3v) is 10.8. The van der Waals surface area contributed by atoms with Crippen molar-refractivity contribution >= 4 is 46.8 Å². The Labute approximate surface area is 248 Å². The van der Waals surface area contributed by atoms with E-state index in [0.29, 0.717) is 30.1 Å². The van der Waals surface area contributed by atoms with Gasteiger partial charge >= 0.3 is 0 Å². The van der Waals surface area contributed by atoms with Crippen LogP contribution in [0.3, 0.4) is 0 Å². The lowest BCUT2D eigenvalue weighted by Crippen LogP contribution is -2.55. The van der Waals surface area contributed by atoms with Gasteiger partial charge in [-0.05, 0) is 54.7 Å². The Morgan fingerprint density at radius 1 is 0.976 bits per heavy atom. The van der Waals surface area contributed by atoms with Crippen LogP contribution in [0.15, 0.2) is 84.9 Å². The number of aliphatic hydroxyl groups is 1. The largest absolute Gasteiger partial charge is 0.394 e. The van der Waals surface area contributed by atoms with E-state index >= 15 is 0 Å². The van der Waals surface area contributed by atoms with Crippen LogP contribution in [-0.2, 0) is 27.3 Å². The van der Waals surface area contributed by atoms with E-state index in [1.165, 1.54) is 0 Å². The molecular weight excluding hydrogens is 558 g/mol. The zero-order valence-electron chi connectivity index (χ0n) is 22.4. The van der Waals surface area contributed by atoms with Crippen molar-refractivity contribution in [1.29, 1.82) is 0 Å². The summed E-state index contributed by atoms with van der Waals surface area (Å²) in [7, 11) is 0. The molecule has 6 rings (SSSR count). The molecule has 6 atom stereocenters. The smallest absolute Gasteiger partial charge is 0.248 e. The van der Waals surface area contributed by atoms with E-state index < -0.39 is 28.7 Å². The first-order valence-electron chi connectivity index (χ1n) is 13.9. The second-order valence-electron chi connectivity index (χ2n) is 11.0. The van der Waals surface area contributed by atoms with Crippen molar-refractivity contribution in [2.24, 2.45) is 11.8 Å². The summed E-state index contributed by atoms with van der Waals surface area (Å²) < 4.78 is -0.753. The van der Waals surface area contributed by atoms with Crippen LogP contribution in [0, 0.1) is 11.8 Å². The van der Waals surface area contributed by atoms with Crippen molar-refractivity contribution in [1.82, 2.24) is 10.2 Å². The number of fused-ring (bicyclic) bond motifs is 1. The van der Waals surface area contributed by atoms with Gasteiger partial charge in [0.1, 0.15) is 6.04 Å². The molecule has 3 saturated heterocycles. The molecule has 41 heavy (non-hydrogen) atoms. The van der Waals surface area contributed by atoms with Crippen molar-refractivity contribution in [2.45, 2.75) is 47.9 Å². The van der Waals surface area contributed by atoms with Crippen LogP contribution < -0.4 is 10.6 Å². The van der Waals surface area contributed by atoms with Gasteiger partial charge in [-0.15, -0.1) is 11.8 Å². The van der Waals surface area contributed by atoms with Crippen LogP contribution in [0.5, 0.6) is 0 Å². The van der Waals surface area contributed by atoms with Crippen molar-refractivity contribution in [3.63, 3.8) is 0 Å². The highest BCUT2D eigenvalue weighted by Gasteiger charge is 2.74. The van der Waals surface area contributed by atoms with Crippen LogP contribution in [0.1, 0.15) is 24.0 Å². The predicted molar refractivity (Wildman–Crippen MR) is 160 cm³/mol. The van der Waals surface area contributed by atoms with Crippen LogP contribution in [0.4, 0.5) is 5.69 Å². The number of aliphatic hydroxyl groups excluding tert-OH is 1. The first-order valence-corrected chi connectivity index (χ1v) is 15.2. The maximum absolute atomic E-state index is 14.4. The highest BCUT2D eigenvalue weighted by molar-refractivity contribution is 8.02. The van der Waals surface area contributed by atoms with Crippen molar-refractivity contribution < 1.29 is 19.5 Å². The summed E-state index contributed by atoms with van der Waals surface area (Å²) in [6, 6.07) is 24.7. The monoisotopic (exact) mass is 589 g/mol. The summed E-state index contributed by atoms with van der Waals surface area (Å²) in [5, 5.41) is 17.1. The van der Waals surface area contributed by atoms with E-state index in [1.807, 2.05) is 60.7 Å². The second kappa shape index (κ2) is 11.5. The summed E-state index contributed by atoms with van der Waals surface area (Å²) in [5.41, 5.74) is 2.51.